The van der Waals surface area contributed by atoms with Crippen molar-refractivity contribution >= 4 is 32.7 Å². The van der Waals surface area contributed by atoms with E-state index in [1.165, 1.54) is 0 Å². The number of aromatic nitrogens is 2. The fourth-order valence-electron chi connectivity index (χ4n) is 1.93. The van der Waals surface area contributed by atoms with Crippen molar-refractivity contribution in [3.05, 3.63) is 65.7 Å². The van der Waals surface area contributed by atoms with Crippen molar-refractivity contribution in [3.8, 4) is 0 Å². The Kier molecular flexibility index (Phi) is 3.45. The van der Waals surface area contributed by atoms with Crippen molar-refractivity contribution in [3.63, 3.8) is 0 Å². The molecule has 0 fully saturated rings. The van der Waals surface area contributed by atoms with Crippen molar-refractivity contribution < 1.29 is 8.42 Å². The second-order valence-corrected chi connectivity index (χ2v) is 6.10. The lowest BCUT2D eigenvalue weighted by Gasteiger charge is -2.04. The monoisotopic (exact) mass is 299 g/mol. The minimum atomic E-state index is -3.55. The van der Waals surface area contributed by atoms with E-state index in [1.54, 1.807) is 30.5 Å². The summed E-state index contributed by atoms with van der Waals surface area (Å²) in [6, 6.07) is 14.5. The third-order valence-corrected chi connectivity index (χ3v) is 3.96. The number of nitrogens with one attached hydrogen (secondary N) is 2. The molecule has 1 heterocycles. The van der Waals surface area contributed by atoms with E-state index in [4.69, 9.17) is 0 Å². The normalized spacial score (nSPS) is 12.0. The van der Waals surface area contributed by atoms with Crippen molar-refractivity contribution in [1.29, 1.82) is 0 Å². The molecule has 0 unspecified atom stereocenters. The van der Waals surface area contributed by atoms with Gasteiger partial charge in [-0.2, -0.15) is 5.10 Å². The molecule has 5 nitrogen and oxygen atoms in total. The summed E-state index contributed by atoms with van der Waals surface area (Å²) < 4.78 is 26.6. The van der Waals surface area contributed by atoms with Gasteiger partial charge in [0.05, 0.1) is 22.8 Å². The highest BCUT2D eigenvalue weighted by Gasteiger charge is 2.06. The Bertz CT molecular complexity index is 883. The minimum Gasteiger partial charge on any atom is -0.280 e. The summed E-state index contributed by atoms with van der Waals surface area (Å²) in [5.41, 5.74) is 2.10. The zero-order valence-corrected chi connectivity index (χ0v) is 11.8. The van der Waals surface area contributed by atoms with Crippen LogP contribution in [0.5, 0.6) is 0 Å². The Hall–Kier alpha value is -2.60. The fraction of sp³-hybridized carbons (Fsp3) is 0. The van der Waals surface area contributed by atoms with Gasteiger partial charge in [-0.1, -0.05) is 30.3 Å². The molecule has 0 aliphatic heterocycles. The molecule has 1 aromatic heterocycles. The smallest absolute Gasteiger partial charge is 0.255 e. The number of anilines is 1. The maximum Gasteiger partial charge on any atom is 0.255 e. The lowest BCUT2D eigenvalue weighted by Crippen LogP contribution is -2.08. The van der Waals surface area contributed by atoms with Gasteiger partial charge in [-0.25, -0.2) is 8.42 Å². The molecule has 3 rings (SSSR count). The van der Waals surface area contributed by atoms with E-state index < -0.39 is 10.0 Å². The van der Waals surface area contributed by atoms with Gasteiger partial charge in [0.15, 0.2) is 0 Å². The fourth-order valence-corrected chi connectivity index (χ4v) is 2.79. The largest absolute Gasteiger partial charge is 0.280 e. The van der Waals surface area contributed by atoms with E-state index in [-0.39, 0.29) is 0 Å². The first-order chi connectivity index (χ1) is 10.1. The van der Waals surface area contributed by atoms with Crippen LogP contribution in [0.2, 0.25) is 0 Å². The molecule has 2 aromatic carbocycles. The first-order valence-electron chi connectivity index (χ1n) is 6.31. The van der Waals surface area contributed by atoms with Crippen LogP contribution in [-0.4, -0.2) is 18.6 Å². The Labute approximate surface area is 122 Å². The summed E-state index contributed by atoms with van der Waals surface area (Å²) in [4.78, 5) is 0. The zero-order valence-electron chi connectivity index (χ0n) is 11.0. The molecule has 3 aromatic rings. The molecule has 0 aliphatic rings. The molecular formula is C15H13N3O2S. The molecule has 2 N–H and O–H groups in total. The van der Waals surface area contributed by atoms with Gasteiger partial charge < -0.3 is 0 Å². The number of aromatic amines is 1. The molecule has 0 saturated carbocycles. The molecule has 0 aliphatic carbocycles. The zero-order chi connectivity index (χ0) is 14.7. The Balaban J connectivity index is 1.80. The van der Waals surface area contributed by atoms with Gasteiger partial charge in [-0.05, 0) is 29.8 Å². The molecule has 106 valence electrons. The van der Waals surface area contributed by atoms with E-state index in [1.807, 2.05) is 30.3 Å². The topological polar surface area (TPSA) is 74.8 Å². The second kappa shape index (κ2) is 5.41. The molecule has 6 heteroatoms. The van der Waals surface area contributed by atoms with Crippen molar-refractivity contribution in [2.75, 3.05) is 4.72 Å². The summed E-state index contributed by atoms with van der Waals surface area (Å²) in [6.07, 6.45) is 3.24. The lowest BCUT2D eigenvalue weighted by molar-refractivity contribution is 0.609. The van der Waals surface area contributed by atoms with Gasteiger partial charge in [0, 0.05) is 5.39 Å². The highest BCUT2D eigenvalue weighted by Crippen LogP contribution is 2.18. The number of hydrogen-bond acceptors (Lipinski definition) is 3. The Morgan fingerprint density at radius 1 is 1.10 bits per heavy atom. The van der Waals surface area contributed by atoms with Gasteiger partial charge in [0.2, 0.25) is 0 Å². The quantitative estimate of drug-likeness (QED) is 0.777. The predicted octanol–water partition coefficient (Wildman–Crippen LogP) is 2.98. The highest BCUT2D eigenvalue weighted by atomic mass is 32.2. The summed E-state index contributed by atoms with van der Waals surface area (Å²) in [7, 11) is -3.55. The van der Waals surface area contributed by atoms with Gasteiger partial charge in [-0.15, -0.1) is 0 Å². The summed E-state index contributed by atoms with van der Waals surface area (Å²) in [5, 5.41) is 8.78. The predicted molar refractivity (Wildman–Crippen MR) is 84.1 cm³/mol. The van der Waals surface area contributed by atoms with Crippen LogP contribution in [0.15, 0.2) is 60.1 Å². The average Bonchev–Trinajstić information content (AvgIpc) is 2.93. The van der Waals surface area contributed by atoms with E-state index in [0.717, 1.165) is 21.9 Å². The van der Waals surface area contributed by atoms with Crippen LogP contribution >= 0.6 is 0 Å². The second-order valence-electron chi connectivity index (χ2n) is 4.53. The summed E-state index contributed by atoms with van der Waals surface area (Å²) in [5.74, 6) is 0. The number of hydrogen-bond donors (Lipinski definition) is 2. The van der Waals surface area contributed by atoms with E-state index in [9.17, 15) is 8.42 Å². The van der Waals surface area contributed by atoms with Crippen LogP contribution in [0.1, 0.15) is 5.56 Å². The SMILES string of the molecule is O=S(=O)(/C=C/c1ccccc1)Nc1ccc2cn[nH]c2c1. The van der Waals surface area contributed by atoms with Crippen molar-refractivity contribution in [1.82, 2.24) is 10.2 Å². The minimum absolute atomic E-state index is 0.490. The van der Waals surface area contributed by atoms with Gasteiger partial charge in [0.25, 0.3) is 10.0 Å². The Morgan fingerprint density at radius 3 is 2.71 bits per heavy atom. The lowest BCUT2D eigenvalue weighted by atomic mass is 10.2. The van der Waals surface area contributed by atoms with Crippen LogP contribution in [-0.2, 0) is 10.0 Å². The average molecular weight is 299 g/mol. The molecule has 21 heavy (non-hydrogen) atoms. The van der Waals surface area contributed by atoms with Gasteiger partial charge in [0.1, 0.15) is 0 Å². The molecular weight excluding hydrogens is 286 g/mol. The first-order valence-corrected chi connectivity index (χ1v) is 7.86. The maximum atomic E-state index is 12.0. The van der Waals surface area contributed by atoms with Crippen LogP contribution < -0.4 is 4.72 Å². The summed E-state index contributed by atoms with van der Waals surface area (Å²) >= 11 is 0. The first kappa shape index (κ1) is 13.4. The van der Waals surface area contributed by atoms with Crippen LogP contribution in [0.4, 0.5) is 5.69 Å². The molecule has 0 saturated heterocycles. The molecule has 0 radical (unpaired) electrons. The number of nitrogens with zero attached hydrogens (tertiary/aromatic N) is 1. The number of benzene rings is 2. The van der Waals surface area contributed by atoms with Crippen LogP contribution in [0, 0.1) is 0 Å². The molecule has 0 spiro atoms. The van der Waals surface area contributed by atoms with E-state index >= 15 is 0 Å². The van der Waals surface area contributed by atoms with E-state index in [0.29, 0.717) is 5.69 Å². The van der Waals surface area contributed by atoms with Gasteiger partial charge >= 0.3 is 0 Å². The molecule has 0 bridgehead atoms. The number of sulfonamides is 1. The molecule has 0 atom stereocenters. The Morgan fingerprint density at radius 2 is 1.90 bits per heavy atom. The standard InChI is InChI=1S/C15H13N3O2S/c19-21(20,9-8-12-4-2-1-3-5-12)18-14-7-6-13-11-16-17-15(13)10-14/h1-11,18H,(H,16,17)/b9-8+. The maximum absolute atomic E-state index is 12.0. The highest BCUT2D eigenvalue weighted by molar-refractivity contribution is 7.95. The van der Waals surface area contributed by atoms with Crippen molar-refractivity contribution in [2.24, 2.45) is 0 Å². The van der Waals surface area contributed by atoms with Crippen LogP contribution in [0.3, 0.4) is 0 Å². The summed E-state index contributed by atoms with van der Waals surface area (Å²) in [6.45, 7) is 0. The van der Waals surface area contributed by atoms with Crippen LogP contribution in [0.25, 0.3) is 17.0 Å². The van der Waals surface area contributed by atoms with Crippen molar-refractivity contribution in [2.45, 2.75) is 0 Å². The van der Waals surface area contributed by atoms with E-state index in [2.05, 4.69) is 14.9 Å². The number of H-pyrrole nitrogens is 1. The molecule has 0 amide bonds. The van der Waals surface area contributed by atoms with Gasteiger partial charge in [-0.3, -0.25) is 9.82 Å². The number of rotatable bonds is 4. The number of fused-ring (bicyclic) bond motifs is 1. The third kappa shape index (κ3) is 3.29. The third-order valence-electron chi connectivity index (χ3n) is 2.94.